The maximum atomic E-state index is 12.2. The molecule has 2 aromatic heterocycles. The van der Waals surface area contributed by atoms with Crippen LogP contribution in [-0.4, -0.2) is 42.0 Å². The minimum atomic E-state index is 0.201. The van der Waals surface area contributed by atoms with Gasteiger partial charge in [-0.1, -0.05) is 6.07 Å². The van der Waals surface area contributed by atoms with Crippen LogP contribution in [0.2, 0.25) is 0 Å². The van der Waals surface area contributed by atoms with E-state index in [1.807, 2.05) is 35.2 Å². The molecule has 1 aliphatic rings. The second-order valence-electron chi connectivity index (χ2n) is 5.14. The monoisotopic (exact) mass is 285 g/mol. The summed E-state index contributed by atoms with van der Waals surface area (Å²) in [7, 11) is 0. The molecule has 21 heavy (non-hydrogen) atoms. The van der Waals surface area contributed by atoms with E-state index < -0.39 is 0 Å². The summed E-state index contributed by atoms with van der Waals surface area (Å²) in [5.74, 6) is 2.06. The summed E-state index contributed by atoms with van der Waals surface area (Å²) in [4.78, 5) is 20.7. The Morgan fingerprint density at radius 1 is 1.14 bits per heavy atom. The first-order valence-corrected chi connectivity index (χ1v) is 7.29. The van der Waals surface area contributed by atoms with E-state index in [-0.39, 0.29) is 5.91 Å². The predicted molar refractivity (Wildman–Crippen MR) is 80.1 cm³/mol. The van der Waals surface area contributed by atoms with Crippen LogP contribution in [0.1, 0.15) is 12.2 Å². The zero-order valence-electron chi connectivity index (χ0n) is 11.9. The van der Waals surface area contributed by atoms with Gasteiger partial charge in [0.1, 0.15) is 11.6 Å². The van der Waals surface area contributed by atoms with Crippen molar-refractivity contribution in [2.24, 2.45) is 0 Å². The van der Waals surface area contributed by atoms with Crippen molar-refractivity contribution in [2.75, 3.05) is 31.1 Å². The Bertz CT molecular complexity index is 560. The van der Waals surface area contributed by atoms with Gasteiger partial charge in [0.15, 0.2) is 0 Å². The average molecular weight is 285 g/mol. The Balaban J connectivity index is 1.48. The predicted octanol–water partition coefficient (Wildman–Crippen LogP) is 1.96. The number of amides is 1. The van der Waals surface area contributed by atoms with Gasteiger partial charge in [0.05, 0.1) is 6.26 Å². The number of hydrogen-bond acceptors (Lipinski definition) is 4. The Morgan fingerprint density at radius 2 is 2.00 bits per heavy atom. The lowest BCUT2D eigenvalue weighted by molar-refractivity contribution is -0.131. The van der Waals surface area contributed by atoms with E-state index in [9.17, 15) is 4.79 Å². The van der Waals surface area contributed by atoms with Gasteiger partial charge in [-0.15, -0.1) is 0 Å². The standard InChI is InChI=1S/C16H19N3O2/c20-16(7-6-14-4-3-13-21-14)19-11-9-18(10-12-19)15-5-1-2-8-17-15/h1-5,8,13H,6-7,9-12H2. The van der Waals surface area contributed by atoms with Crippen molar-refractivity contribution in [3.63, 3.8) is 0 Å². The molecule has 0 atom stereocenters. The number of hydrogen-bond donors (Lipinski definition) is 0. The Morgan fingerprint density at radius 3 is 2.67 bits per heavy atom. The van der Waals surface area contributed by atoms with E-state index in [1.165, 1.54) is 0 Å². The van der Waals surface area contributed by atoms with Crippen molar-refractivity contribution < 1.29 is 9.21 Å². The number of piperazine rings is 1. The molecule has 0 N–H and O–H groups in total. The molecule has 0 aliphatic carbocycles. The Kier molecular flexibility index (Phi) is 4.19. The quantitative estimate of drug-likeness (QED) is 0.861. The molecule has 0 saturated carbocycles. The Hall–Kier alpha value is -2.30. The van der Waals surface area contributed by atoms with Crippen LogP contribution in [0.25, 0.3) is 0 Å². The van der Waals surface area contributed by atoms with E-state index in [1.54, 1.807) is 12.5 Å². The third-order valence-electron chi connectivity index (χ3n) is 3.77. The fourth-order valence-electron chi connectivity index (χ4n) is 2.57. The maximum absolute atomic E-state index is 12.2. The molecule has 0 radical (unpaired) electrons. The number of pyridine rings is 1. The topological polar surface area (TPSA) is 49.6 Å². The van der Waals surface area contributed by atoms with Crippen molar-refractivity contribution in [1.82, 2.24) is 9.88 Å². The summed E-state index contributed by atoms with van der Waals surface area (Å²) >= 11 is 0. The van der Waals surface area contributed by atoms with Crippen molar-refractivity contribution >= 4 is 11.7 Å². The van der Waals surface area contributed by atoms with E-state index >= 15 is 0 Å². The fourth-order valence-corrected chi connectivity index (χ4v) is 2.57. The minimum Gasteiger partial charge on any atom is -0.469 e. The van der Waals surface area contributed by atoms with Crippen LogP contribution in [0.5, 0.6) is 0 Å². The molecule has 0 aromatic carbocycles. The smallest absolute Gasteiger partial charge is 0.223 e. The van der Waals surface area contributed by atoms with Gasteiger partial charge in [-0.3, -0.25) is 4.79 Å². The number of anilines is 1. The van der Waals surface area contributed by atoms with Crippen LogP contribution < -0.4 is 4.90 Å². The van der Waals surface area contributed by atoms with Gasteiger partial charge in [0, 0.05) is 45.2 Å². The second kappa shape index (κ2) is 6.43. The van der Waals surface area contributed by atoms with E-state index in [2.05, 4.69) is 9.88 Å². The van der Waals surface area contributed by atoms with Gasteiger partial charge < -0.3 is 14.2 Å². The van der Waals surface area contributed by atoms with Gasteiger partial charge in [-0.05, 0) is 24.3 Å². The lowest BCUT2D eigenvalue weighted by atomic mass is 10.2. The van der Waals surface area contributed by atoms with Crippen LogP contribution in [0, 0.1) is 0 Å². The van der Waals surface area contributed by atoms with Crippen LogP contribution in [0.15, 0.2) is 47.2 Å². The van der Waals surface area contributed by atoms with Gasteiger partial charge in [0.25, 0.3) is 0 Å². The Labute approximate surface area is 124 Å². The lowest BCUT2D eigenvalue weighted by Gasteiger charge is -2.35. The van der Waals surface area contributed by atoms with Crippen molar-refractivity contribution in [2.45, 2.75) is 12.8 Å². The number of aryl methyl sites for hydroxylation is 1. The summed E-state index contributed by atoms with van der Waals surface area (Å²) in [6.45, 7) is 3.19. The van der Waals surface area contributed by atoms with E-state index in [0.717, 1.165) is 37.8 Å². The van der Waals surface area contributed by atoms with Gasteiger partial charge >= 0.3 is 0 Å². The number of carbonyl (C=O) groups excluding carboxylic acids is 1. The molecule has 5 heteroatoms. The molecule has 1 fully saturated rings. The number of rotatable bonds is 4. The summed E-state index contributed by atoms with van der Waals surface area (Å²) in [5.41, 5.74) is 0. The first-order valence-electron chi connectivity index (χ1n) is 7.29. The molecule has 0 bridgehead atoms. The molecule has 1 aliphatic heterocycles. The molecular formula is C16H19N3O2. The van der Waals surface area contributed by atoms with Crippen LogP contribution in [0.3, 0.4) is 0 Å². The minimum absolute atomic E-state index is 0.201. The number of carbonyl (C=O) groups is 1. The fraction of sp³-hybridized carbons (Fsp3) is 0.375. The molecule has 110 valence electrons. The SMILES string of the molecule is O=C(CCc1ccco1)N1CCN(c2ccccn2)CC1. The third kappa shape index (κ3) is 3.42. The highest BCUT2D eigenvalue weighted by Crippen LogP contribution is 2.13. The largest absolute Gasteiger partial charge is 0.469 e. The molecule has 3 heterocycles. The molecule has 2 aromatic rings. The number of aromatic nitrogens is 1. The first-order chi connectivity index (χ1) is 10.3. The van der Waals surface area contributed by atoms with E-state index in [4.69, 9.17) is 4.42 Å². The van der Waals surface area contributed by atoms with Crippen molar-refractivity contribution in [1.29, 1.82) is 0 Å². The third-order valence-corrected chi connectivity index (χ3v) is 3.77. The van der Waals surface area contributed by atoms with Gasteiger partial charge in [-0.25, -0.2) is 4.98 Å². The van der Waals surface area contributed by atoms with Crippen molar-refractivity contribution in [3.8, 4) is 0 Å². The molecule has 5 nitrogen and oxygen atoms in total. The van der Waals surface area contributed by atoms with Crippen LogP contribution in [-0.2, 0) is 11.2 Å². The van der Waals surface area contributed by atoms with Gasteiger partial charge in [0.2, 0.25) is 5.91 Å². The molecule has 0 spiro atoms. The van der Waals surface area contributed by atoms with Gasteiger partial charge in [-0.2, -0.15) is 0 Å². The summed E-state index contributed by atoms with van der Waals surface area (Å²) in [6.07, 6.45) is 4.63. The summed E-state index contributed by atoms with van der Waals surface area (Å²) in [6, 6.07) is 9.67. The van der Waals surface area contributed by atoms with E-state index in [0.29, 0.717) is 12.8 Å². The lowest BCUT2D eigenvalue weighted by Crippen LogP contribution is -2.49. The summed E-state index contributed by atoms with van der Waals surface area (Å²) in [5, 5.41) is 0. The van der Waals surface area contributed by atoms with Crippen molar-refractivity contribution in [3.05, 3.63) is 48.6 Å². The highest BCUT2D eigenvalue weighted by molar-refractivity contribution is 5.76. The average Bonchev–Trinajstić information content (AvgIpc) is 3.07. The second-order valence-corrected chi connectivity index (χ2v) is 5.14. The highest BCUT2D eigenvalue weighted by atomic mass is 16.3. The molecule has 3 rings (SSSR count). The number of nitrogens with zero attached hydrogens (tertiary/aromatic N) is 3. The highest BCUT2D eigenvalue weighted by Gasteiger charge is 2.21. The summed E-state index contributed by atoms with van der Waals surface area (Å²) < 4.78 is 5.26. The zero-order valence-corrected chi connectivity index (χ0v) is 11.9. The van der Waals surface area contributed by atoms with Crippen LogP contribution >= 0.6 is 0 Å². The molecular weight excluding hydrogens is 266 g/mol. The number of furan rings is 1. The molecule has 1 amide bonds. The molecule has 0 unspecified atom stereocenters. The maximum Gasteiger partial charge on any atom is 0.223 e. The molecule has 1 saturated heterocycles. The first kappa shape index (κ1) is 13.7. The van der Waals surface area contributed by atoms with Crippen LogP contribution in [0.4, 0.5) is 5.82 Å². The zero-order chi connectivity index (χ0) is 14.5. The normalized spacial score (nSPS) is 15.2.